The SMILES string of the molecule is CCOc1cc([N+](=O)[O-])c(C(=O)N2CCN(c3ccc(Cl)cn3)CC2)cc1OC. The van der Waals surface area contributed by atoms with Crippen molar-refractivity contribution in [3.63, 3.8) is 0 Å². The number of nitro groups is 1. The number of amides is 1. The van der Waals surface area contributed by atoms with Gasteiger partial charge in [0.1, 0.15) is 11.4 Å². The summed E-state index contributed by atoms with van der Waals surface area (Å²) in [5, 5.41) is 12.1. The maximum absolute atomic E-state index is 13.0. The second-order valence-corrected chi connectivity index (χ2v) is 6.76. The predicted molar refractivity (Wildman–Crippen MR) is 108 cm³/mol. The lowest BCUT2D eigenvalue weighted by Crippen LogP contribution is -2.49. The second kappa shape index (κ2) is 8.95. The van der Waals surface area contributed by atoms with Gasteiger partial charge in [-0.25, -0.2) is 4.98 Å². The molecule has 0 aliphatic carbocycles. The molecule has 0 atom stereocenters. The molecule has 2 heterocycles. The Kier molecular flexibility index (Phi) is 6.38. The summed E-state index contributed by atoms with van der Waals surface area (Å²) < 4.78 is 10.6. The number of aromatic nitrogens is 1. The van der Waals surface area contributed by atoms with E-state index in [1.807, 2.05) is 11.0 Å². The van der Waals surface area contributed by atoms with Crippen LogP contribution in [0.15, 0.2) is 30.5 Å². The average molecular weight is 421 g/mol. The number of hydrogen-bond donors (Lipinski definition) is 0. The Morgan fingerprint density at radius 3 is 2.52 bits per heavy atom. The molecule has 0 spiro atoms. The summed E-state index contributed by atoms with van der Waals surface area (Å²) >= 11 is 5.87. The molecule has 3 rings (SSSR count). The Morgan fingerprint density at radius 2 is 1.97 bits per heavy atom. The summed E-state index contributed by atoms with van der Waals surface area (Å²) in [5.74, 6) is 0.874. The Hall–Kier alpha value is -3.07. The first kappa shape index (κ1) is 20.7. The third-order valence-corrected chi connectivity index (χ3v) is 4.84. The van der Waals surface area contributed by atoms with E-state index in [9.17, 15) is 14.9 Å². The number of carbonyl (C=O) groups excluding carboxylic acids is 1. The number of hydrogen-bond acceptors (Lipinski definition) is 7. The van der Waals surface area contributed by atoms with Gasteiger partial charge < -0.3 is 19.3 Å². The van der Waals surface area contributed by atoms with Gasteiger partial charge in [-0.1, -0.05) is 11.6 Å². The minimum Gasteiger partial charge on any atom is -0.493 e. The lowest BCUT2D eigenvalue weighted by atomic mass is 10.1. The summed E-state index contributed by atoms with van der Waals surface area (Å²) in [6.07, 6.45) is 1.57. The van der Waals surface area contributed by atoms with Crippen molar-refractivity contribution in [3.8, 4) is 11.5 Å². The normalized spacial score (nSPS) is 13.9. The number of nitro benzene ring substituents is 1. The first-order valence-corrected chi connectivity index (χ1v) is 9.47. The molecule has 154 valence electrons. The van der Waals surface area contributed by atoms with Crippen molar-refractivity contribution in [2.24, 2.45) is 0 Å². The average Bonchev–Trinajstić information content (AvgIpc) is 2.74. The molecule has 1 aromatic carbocycles. The highest BCUT2D eigenvalue weighted by atomic mass is 35.5. The highest BCUT2D eigenvalue weighted by Crippen LogP contribution is 2.35. The molecule has 9 nitrogen and oxygen atoms in total. The molecule has 0 unspecified atom stereocenters. The first-order chi connectivity index (χ1) is 13.9. The van der Waals surface area contributed by atoms with E-state index in [4.69, 9.17) is 21.1 Å². The van der Waals surface area contributed by atoms with Crippen LogP contribution in [-0.2, 0) is 0 Å². The lowest BCUT2D eigenvalue weighted by Gasteiger charge is -2.35. The number of pyridine rings is 1. The number of anilines is 1. The van der Waals surface area contributed by atoms with E-state index in [2.05, 4.69) is 4.98 Å². The molecule has 29 heavy (non-hydrogen) atoms. The molecule has 0 bridgehead atoms. The van der Waals surface area contributed by atoms with Crippen LogP contribution in [-0.4, -0.2) is 60.6 Å². The molecule has 2 aromatic rings. The third kappa shape index (κ3) is 4.51. The van der Waals surface area contributed by atoms with Gasteiger partial charge in [-0.2, -0.15) is 0 Å². The molecule has 1 aromatic heterocycles. The van der Waals surface area contributed by atoms with Crippen molar-refractivity contribution in [2.45, 2.75) is 6.92 Å². The molecule has 10 heteroatoms. The van der Waals surface area contributed by atoms with Crippen LogP contribution >= 0.6 is 11.6 Å². The zero-order valence-electron chi connectivity index (χ0n) is 16.1. The van der Waals surface area contributed by atoms with Crippen LogP contribution in [0.5, 0.6) is 11.5 Å². The number of nitrogens with zero attached hydrogens (tertiary/aromatic N) is 4. The van der Waals surface area contributed by atoms with E-state index in [0.717, 1.165) is 5.82 Å². The van der Waals surface area contributed by atoms with Gasteiger partial charge in [0.2, 0.25) is 0 Å². The number of rotatable bonds is 6. The molecule has 0 N–H and O–H groups in total. The third-order valence-electron chi connectivity index (χ3n) is 4.61. The smallest absolute Gasteiger partial charge is 0.286 e. The van der Waals surface area contributed by atoms with Crippen LogP contribution in [0.1, 0.15) is 17.3 Å². The molecule has 1 aliphatic rings. The van der Waals surface area contributed by atoms with Gasteiger partial charge in [-0.3, -0.25) is 14.9 Å². The lowest BCUT2D eigenvalue weighted by molar-refractivity contribution is -0.385. The van der Waals surface area contributed by atoms with Crippen LogP contribution in [0.4, 0.5) is 11.5 Å². The maximum Gasteiger partial charge on any atom is 0.286 e. The number of benzene rings is 1. The van der Waals surface area contributed by atoms with Crippen LogP contribution < -0.4 is 14.4 Å². The van der Waals surface area contributed by atoms with Crippen molar-refractivity contribution < 1.29 is 19.2 Å². The van der Waals surface area contributed by atoms with Gasteiger partial charge in [0, 0.05) is 38.4 Å². The summed E-state index contributed by atoms with van der Waals surface area (Å²) in [6.45, 7) is 4.02. The fourth-order valence-electron chi connectivity index (χ4n) is 3.16. The van der Waals surface area contributed by atoms with E-state index in [0.29, 0.717) is 37.8 Å². The largest absolute Gasteiger partial charge is 0.493 e. The van der Waals surface area contributed by atoms with E-state index in [1.165, 1.54) is 19.2 Å². The molecule has 1 saturated heterocycles. The summed E-state index contributed by atoms with van der Waals surface area (Å²) in [5.41, 5.74) is -0.325. The Bertz CT molecular complexity index is 898. The molecule has 1 amide bonds. The van der Waals surface area contributed by atoms with Crippen LogP contribution in [0, 0.1) is 10.1 Å². The molecular formula is C19H21ClN4O5. The highest BCUT2D eigenvalue weighted by Gasteiger charge is 2.30. The van der Waals surface area contributed by atoms with Crippen molar-refractivity contribution in [3.05, 3.63) is 51.2 Å². The molecule has 1 aliphatic heterocycles. The zero-order chi connectivity index (χ0) is 21.0. The van der Waals surface area contributed by atoms with E-state index in [-0.39, 0.29) is 22.7 Å². The predicted octanol–water partition coefficient (Wildman–Crippen LogP) is 3.01. The van der Waals surface area contributed by atoms with Gasteiger partial charge in [0.25, 0.3) is 11.6 Å². The number of carbonyl (C=O) groups is 1. The second-order valence-electron chi connectivity index (χ2n) is 6.32. The fourth-order valence-corrected chi connectivity index (χ4v) is 3.28. The van der Waals surface area contributed by atoms with E-state index in [1.54, 1.807) is 24.1 Å². The molecule has 0 saturated carbocycles. The van der Waals surface area contributed by atoms with Crippen molar-refractivity contribution in [1.29, 1.82) is 0 Å². The van der Waals surface area contributed by atoms with Gasteiger partial charge in [0.05, 0.1) is 29.7 Å². The quantitative estimate of drug-likeness (QED) is 0.523. The van der Waals surface area contributed by atoms with Gasteiger partial charge in [0.15, 0.2) is 11.5 Å². The van der Waals surface area contributed by atoms with E-state index < -0.39 is 10.8 Å². The van der Waals surface area contributed by atoms with Crippen LogP contribution in [0.3, 0.4) is 0 Å². The van der Waals surface area contributed by atoms with Gasteiger partial charge in [-0.05, 0) is 19.1 Å². The fraction of sp³-hybridized carbons (Fsp3) is 0.368. The van der Waals surface area contributed by atoms with Crippen LogP contribution in [0.2, 0.25) is 5.02 Å². The van der Waals surface area contributed by atoms with Gasteiger partial charge in [-0.15, -0.1) is 0 Å². The van der Waals surface area contributed by atoms with Crippen LogP contribution in [0.25, 0.3) is 0 Å². The summed E-state index contributed by atoms with van der Waals surface area (Å²) in [6, 6.07) is 6.20. The monoisotopic (exact) mass is 420 g/mol. The van der Waals surface area contributed by atoms with E-state index >= 15 is 0 Å². The Labute approximate surface area is 172 Å². The molecular weight excluding hydrogens is 400 g/mol. The number of ether oxygens (including phenoxy) is 2. The Balaban J connectivity index is 1.79. The molecule has 1 fully saturated rings. The first-order valence-electron chi connectivity index (χ1n) is 9.09. The highest BCUT2D eigenvalue weighted by molar-refractivity contribution is 6.30. The summed E-state index contributed by atoms with van der Waals surface area (Å²) in [7, 11) is 1.43. The zero-order valence-corrected chi connectivity index (χ0v) is 16.9. The minimum absolute atomic E-state index is 0.0200. The topological polar surface area (TPSA) is 98.0 Å². The standard InChI is InChI=1S/C19H21ClN4O5/c1-3-29-17-11-15(24(26)27)14(10-16(17)28-2)19(25)23-8-6-22(7-9-23)18-5-4-13(20)12-21-18/h4-5,10-12H,3,6-9H2,1-2H3. The van der Waals surface area contributed by atoms with Crippen molar-refractivity contribution in [1.82, 2.24) is 9.88 Å². The summed E-state index contributed by atoms with van der Waals surface area (Å²) in [4.78, 5) is 31.9. The maximum atomic E-state index is 13.0. The number of methoxy groups -OCH3 is 1. The van der Waals surface area contributed by atoms with Gasteiger partial charge >= 0.3 is 0 Å². The molecule has 0 radical (unpaired) electrons. The number of piperazine rings is 1. The van der Waals surface area contributed by atoms with Crippen molar-refractivity contribution in [2.75, 3.05) is 44.8 Å². The van der Waals surface area contributed by atoms with Crippen molar-refractivity contribution >= 4 is 29.0 Å². The minimum atomic E-state index is -0.580. The number of halogens is 1. The Morgan fingerprint density at radius 1 is 1.24 bits per heavy atom.